The second-order valence-electron chi connectivity index (χ2n) is 5.69. The first kappa shape index (κ1) is 14.5. The van der Waals surface area contributed by atoms with Gasteiger partial charge >= 0.3 is 0 Å². The second-order valence-corrected chi connectivity index (χ2v) is 5.69. The highest BCUT2D eigenvalue weighted by Crippen LogP contribution is 2.31. The Bertz CT molecular complexity index is 946. The molecule has 0 aliphatic carbocycles. The van der Waals surface area contributed by atoms with Crippen LogP contribution >= 0.6 is 0 Å². The summed E-state index contributed by atoms with van der Waals surface area (Å²) < 4.78 is 5.18. The minimum atomic E-state index is -0.0793. The van der Waals surface area contributed by atoms with Crippen molar-refractivity contribution in [2.75, 3.05) is 19.0 Å². The first-order valence-corrected chi connectivity index (χ1v) is 7.87. The number of H-pyrrole nitrogens is 1. The summed E-state index contributed by atoms with van der Waals surface area (Å²) in [7, 11) is 1.63. The predicted molar refractivity (Wildman–Crippen MR) is 94.5 cm³/mol. The Morgan fingerprint density at radius 2 is 1.88 bits per heavy atom. The molecule has 0 saturated heterocycles. The topological polar surface area (TPSA) is 67.0 Å². The Morgan fingerprint density at radius 3 is 2.67 bits per heavy atom. The molecule has 0 unspecified atom stereocenters. The average molecular weight is 319 g/mol. The summed E-state index contributed by atoms with van der Waals surface area (Å²) in [4.78, 5) is 20.3. The second kappa shape index (κ2) is 5.85. The molecule has 0 spiro atoms. The number of anilines is 1. The van der Waals surface area contributed by atoms with E-state index in [1.807, 2.05) is 48.5 Å². The summed E-state index contributed by atoms with van der Waals surface area (Å²) in [6, 6.07) is 15.5. The minimum absolute atomic E-state index is 0.0793. The molecule has 0 atom stereocenters. The summed E-state index contributed by atoms with van der Waals surface area (Å²) in [5, 5.41) is 3.36. The van der Waals surface area contributed by atoms with Crippen molar-refractivity contribution in [3.63, 3.8) is 0 Å². The number of nitrogens with zero attached hydrogens (tertiary/aromatic N) is 1. The van der Waals surface area contributed by atoms with Gasteiger partial charge < -0.3 is 15.0 Å². The van der Waals surface area contributed by atoms with Crippen LogP contribution in [0.3, 0.4) is 0 Å². The highest BCUT2D eigenvalue weighted by molar-refractivity contribution is 5.79. The standard InChI is InChI=1S/C19H17N3O2/c1-24-13-8-6-12(7-9-13)18-21-17-14-4-2-3-5-16(14)20-11-10-15(17)19(23)22-18/h2-9,20H,10-11H2,1H3,(H,21,22,23). The Hall–Kier alpha value is -3.08. The summed E-state index contributed by atoms with van der Waals surface area (Å²) in [6.45, 7) is 0.719. The predicted octanol–water partition coefficient (Wildman–Crippen LogP) is 3.08. The molecule has 1 aliphatic heterocycles. The summed E-state index contributed by atoms with van der Waals surface area (Å²) in [5.41, 5.74) is 4.23. The van der Waals surface area contributed by atoms with Gasteiger partial charge in [-0.15, -0.1) is 0 Å². The molecule has 1 aromatic heterocycles. The first-order valence-electron chi connectivity index (χ1n) is 7.87. The maximum absolute atomic E-state index is 12.6. The third-order valence-corrected chi connectivity index (χ3v) is 4.25. The van der Waals surface area contributed by atoms with Crippen molar-refractivity contribution < 1.29 is 4.74 Å². The van der Waals surface area contributed by atoms with E-state index in [1.165, 1.54) is 0 Å². The van der Waals surface area contributed by atoms with Crippen LogP contribution in [0.1, 0.15) is 5.56 Å². The highest BCUT2D eigenvalue weighted by atomic mass is 16.5. The van der Waals surface area contributed by atoms with Crippen molar-refractivity contribution in [1.82, 2.24) is 9.97 Å². The molecule has 24 heavy (non-hydrogen) atoms. The Balaban J connectivity index is 1.90. The first-order chi connectivity index (χ1) is 11.8. The monoisotopic (exact) mass is 319 g/mol. The van der Waals surface area contributed by atoms with Crippen molar-refractivity contribution in [2.45, 2.75) is 6.42 Å². The molecule has 0 saturated carbocycles. The number of rotatable bonds is 2. The van der Waals surface area contributed by atoms with Gasteiger partial charge in [0.2, 0.25) is 0 Å². The maximum atomic E-state index is 12.6. The zero-order valence-electron chi connectivity index (χ0n) is 13.3. The lowest BCUT2D eigenvalue weighted by atomic mass is 10.0. The van der Waals surface area contributed by atoms with E-state index in [9.17, 15) is 4.79 Å². The number of aromatic nitrogens is 2. The zero-order valence-corrected chi connectivity index (χ0v) is 13.3. The van der Waals surface area contributed by atoms with Crippen LogP contribution in [-0.2, 0) is 6.42 Å². The number of fused-ring (bicyclic) bond motifs is 3. The van der Waals surface area contributed by atoms with Gasteiger partial charge in [0.1, 0.15) is 11.6 Å². The number of hydrogen-bond donors (Lipinski definition) is 2. The quantitative estimate of drug-likeness (QED) is 0.762. The smallest absolute Gasteiger partial charge is 0.255 e. The van der Waals surface area contributed by atoms with Gasteiger partial charge in [0.05, 0.1) is 12.8 Å². The molecule has 0 bridgehead atoms. The molecule has 2 heterocycles. The summed E-state index contributed by atoms with van der Waals surface area (Å²) in [5.74, 6) is 1.34. The molecule has 2 aromatic carbocycles. The van der Waals surface area contributed by atoms with Crippen LogP contribution in [-0.4, -0.2) is 23.6 Å². The molecule has 1 aliphatic rings. The SMILES string of the molecule is COc1ccc(-c2nc3c(c(=O)[nH]2)CCNc2ccccc2-3)cc1. The van der Waals surface area contributed by atoms with Crippen molar-refractivity contribution in [2.24, 2.45) is 0 Å². The fourth-order valence-corrected chi connectivity index (χ4v) is 3.00. The molecule has 0 amide bonds. The van der Waals surface area contributed by atoms with Crippen LogP contribution in [0.5, 0.6) is 5.75 Å². The van der Waals surface area contributed by atoms with Crippen LogP contribution in [0.15, 0.2) is 53.3 Å². The van der Waals surface area contributed by atoms with Gasteiger partial charge in [0, 0.05) is 28.9 Å². The van der Waals surface area contributed by atoms with Gasteiger partial charge in [-0.2, -0.15) is 0 Å². The fraction of sp³-hybridized carbons (Fsp3) is 0.158. The van der Waals surface area contributed by atoms with Crippen molar-refractivity contribution in [1.29, 1.82) is 0 Å². The number of nitrogens with one attached hydrogen (secondary N) is 2. The largest absolute Gasteiger partial charge is 0.497 e. The van der Waals surface area contributed by atoms with E-state index in [4.69, 9.17) is 9.72 Å². The van der Waals surface area contributed by atoms with Crippen LogP contribution in [0, 0.1) is 0 Å². The molecular formula is C19H17N3O2. The van der Waals surface area contributed by atoms with E-state index >= 15 is 0 Å². The number of aromatic amines is 1. The van der Waals surface area contributed by atoms with Gasteiger partial charge in [-0.3, -0.25) is 4.79 Å². The summed E-state index contributed by atoms with van der Waals surface area (Å²) >= 11 is 0. The number of ether oxygens (including phenoxy) is 1. The molecule has 4 rings (SSSR count). The van der Waals surface area contributed by atoms with Gasteiger partial charge in [0.25, 0.3) is 5.56 Å². The lowest BCUT2D eigenvalue weighted by Crippen LogP contribution is -2.18. The Kier molecular flexibility index (Phi) is 3.54. The van der Waals surface area contributed by atoms with Crippen LogP contribution in [0.2, 0.25) is 0 Å². The number of benzene rings is 2. The number of hydrogen-bond acceptors (Lipinski definition) is 4. The van der Waals surface area contributed by atoms with Crippen molar-refractivity contribution in [3.05, 3.63) is 64.4 Å². The summed E-state index contributed by atoms with van der Waals surface area (Å²) in [6.07, 6.45) is 0.648. The van der Waals surface area contributed by atoms with Gasteiger partial charge in [-0.1, -0.05) is 18.2 Å². The Labute approximate surface area is 139 Å². The van der Waals surface area contributed by atoms with E-state index in [0.717, 1.165) is 40.4 Å². The molecule has 2 N–H and O–H groups in total. The lowest BCUT2D eigenvalue weighted by molar-refractivity contribution is 0.415. The molecular weight excluding hydrogens is 302 g/mol. The maximum Gasteiger partial charge on any atom is 0.255 e. The van der Waals surface area contributed by atoms with Crippen LogP contribution in [0.4, 0.5) is 5.69 Å². The fourth-order valence-electron chi connectivity index (χ4n) is 3.00. The van der Waals surface area contributed by atoms with E-state index in [2.05, 4.69) is 10.3 Å². The number of methoxy groups -OCH3 is 1. The lowest BCUT2D eigenvalue weighted by Gasteiger charge is -2.10. The third kappa shape index (κ3) is 2.44. The highest BCUT2D eigenvalue weighted by Gasteiger charge is 2.19. The molecule has 3 aromatic rings. The molecule has 5 heteroatoms. The van der Waals surface area contributed by atoms with Gasteiger partial charge in [-0.25, -0.2) is 4.98 Å². The molecule has 0 fully saturated rings. The van der Waals surface area contributed by atoms with Crippen LogP contribution in [0.25, 0.3) is 22.6 Å². The number of para-hydroxylation sites is 1. The third-order valence-electron chi connectivity index (χ3n) is 4.25. The van der Waals surface area contributed by atoms with Crippen LogP contribution < -0.4 is 15.6 Å². The Morgan fingerprint density at radius 1 is 1.08 bits per heavy atom. The zero-order chi connectivity index (χ0) is 16.5. The van der Waals surface area contributed by atoms with Crippen molar-refractivity contribution >= 4 is 5.69 Å². The van der Waals surface area contributed by atoms with Crippen molar-refractivity contribution in [3.8, 4) is 28.4 Å². The molecule has 5 nitrogen and oxygen atoms in total. The minimum Gasteiger partial charge on any atom is -0.497 e. The van der Waals surface area contributed by atoms with E-state index < -0.39 is 0 Å². The molecule has 0 radical (unpaired) electrons. The van der Waals surface area contributed by atoms with Gasteiger partial charge in [-0.05, 0) is 36.8 Å². The van der Waals surface area contributed by atoms with Gasteiger partial charge in [0.15, 0.2) is 0 Å². The normalized spacial score (nSPS) is 12.5. The average Bonchev–Trinajstić information content (AvgIpc) is 2.82. The van der Waals surface area contributed by atoms with E-state index in [-0.39, 0.29) is 5.56 Å². The van der Waals surface area contributed by atoms with E-state index in [1.54, 1.807) is 7.11 Å². The molecule has 120 valence electrons. The van der Waals surface area contributed by atoms with E-state index in [0.29, 0.717) is 12.2 Å².